The Labute approximate surface area is 126 Å². The third kappa shape index (κ3) is 2.56. The number of piperazine rings is 3. The molecule has 5 rings (SSSR count). The maximum Gasteiger partial charge on any atom is 0.122 e. The van der Waals surface area contributed by atoms with Gasteiger partial charge in [-0.3, -0.25) is 9.80 Å². The lowest BCUT2D eigenvalue weighted by Crippen LogP contribution is -2.65. The van der Waals surface area contributed by atoms with Crippen LogP contribution in [-0.4, -0.2) is 61.2 Å². The van der Waals surface area contributed by atoms with Gasteiger partial charge in [-0.05, 0) is 30.4 Å². The van der Waals surface area contributed by atoms with Gasteiger partial charge in [0.15, 0.2) is 0 Å². The van der Waals surface area contributed by atoms with E-state index in [0.29, 0.717) is 12.0 Å². The summed E-state index contributed by atoms with van der Waals surface area (Å²) in [5.74, 6) is 1.62. The third-order valence-electron chi connectivity index (χ3n) is 5.45. The summed E-state index contributed by atoms with van der Waals surface area (Å²) in [4.78, 5) is 5.18. The van der Waals surface area contributed by atoms with E-state index in [0.717, 1.165) is 31.7 Å². The van der Waals surface area contributed by atoms with E-state index < -0.39 is 0 Å². The Bertz CT molecular complexity index is 499. The molecule has 0 aromatic heterocycles. The monoisotopic (exact) mass is 287 g/mol. The van der Waals surface area contributed by atoms with Gasteiger partial charge < -0.3 is 10.5 Å². The van der Waals surface area contributed by atoms with Crippen LogP contribution >= 0.6 is 0 Å². The average Bonchev–Trinajstić information content (AvgIpc) is 2.56. The summed E-state index contributed by atoms with van der Waals surface area (Å²) in [6, 6.07) is 9.28. The van der Waals surface area contributed by atoms with Crippen molar-refractivity contribution in [2.75, 3.05) is 39.3 Å². The molecule has 0 spiro atoms. The number of nitrogens with zero attached hydrogens (tertiary/aromatic N) is 2. The molecule has 4 aliphatic heterocycles. The fourth-order valence-corrected chi connectivity index (χ4v) is 4.21. The zero-order chi connectivity index (χ0) is 14.2. The summed E-state index contributed by atoms with van der Waals surface area (Å²) in [6.07, 6.45) is 2.18. The number of benzene rings is 1. The predicted molar refractivity (Wildman–Crippen MR) is 83.7 cm³/mol. The van der Waals surface area contributed by atoms with Crippen molar-refractivity contribution in [1.29, 1.82) is 0 Å². The van der Waals surface area contributed by atoms with Gasteiger partial charge in [-0.2, -0.15) is 0 Å². The van der Waals surface area contributed by atoms with Gasteiger partial charge in [0.1, 0.15) is 5.75 Å². The maximum absolute atomic E-state index is 6.61. The van der Waals surface area contributed by atoms with Gasteiger partial charge in [0, 0.05) is 44.8 Å². The van der Waals surface area contributed by atoms with Crippen molar-refractivity contribution in [3.63, 3.8) is 0 Å². The molecule has 1 aromatic carbocycles. The summed E-state index contributed by atoms with van der Waals surface area (Å²) in [6.45, 7) is 6.83. The molecule has 4 heteroatoms. The van der Waals surface area contributed by atoms with Crippen molar-refractivity contribution < 1.29 is 4.74 Å². The quantitative estimate of drug-likeness (QED) is 0.909. The molecule has 4 heterocycles. The lowest BCUT2D eigenvalue weighted by atomic mass is 9.84. The van der Waals surface area contributed by atoms with Crippen LogP contribution < -0.4 is 10.5 Å². The largest absolute Gasteiger partial charge is 0.493 e. The number of fused-ring (bicyclic) bond motifs is 4. The van der Waals surface area contributed by atoms with E-state index in [9.17, 15) is 0 Å². The molecular formula is C17H25N3O. The minimum Gasteiger partial charge on any atom is -0.493 e. The van der Waals surface area contributed by atoms with Crippen LogP contribution in [0.1, 0.15) is 24.3 Å². The molecule has 3 saturated heterocycles. The number of rotatable bonds is 3. The zero-order valence-corrected chi connectivity index (χ0v) is 12.6. The Kier molecular flexibility index (Phi) is 3.61. The summed E-state index contributed by atoms with van der Waals surface area (Å²) in [7, 11) is 0. The Balaban J connectivity index is 1.47. The van der Waals surface area contributed by atoms with E-state index in [4.69, 9.17) is 10.5 Å². The van der Waals surface area contributed by atoms with Crippen molar-refractivity contribution in [1.82, 2.24) is 9.80 Å². The lowest BCUT2D eigenvalue weighted by Gasteiger charge is -2.50. The molecule has 0 saturated carbocycles. The maximum atomic E-state index is 6.61. The molecule has 4 nitrogen and oxygen atoms in total. The zero-order valence-electron chi connectivity index (χ0n) is 12.6. The van der Waals surface area contributed by atoms with Crippen molar-refractivity contribution in [2.45, 2.75) is 30.8 Å². The van der Waals surface area contributed by atoms with Crippen molar-refractivity contribution in [2.24, 2.45) is 5.73 Å². The van der Waals surface area contributed by atoms with Gasteiger partial charge in [-0.15, -0.1) is 0 Å². The first-order valence-corrected chi connectivity index (χ1v) is 8.25. The van der Waals surface area contributed by atoms with Crippen LogP contribution in [-0.2, 0) is 0 Å². The second-order valence-electron chi connectivity index (χ2n) is 6.68. The molecule has 21 heavy (non-hydrogen) atoms. The molecule has 3 atom stereocenters. The van der Waals surface area contributed by atoms with Crippen LogP contribution in [0.3, 0.4) is 0 Å². The molecule has 2 bridgehead atoms. The van der Waals surface area contributed by atoms with Crippen LogP contribution in [0.5, 0.6) is 5.75 Å². The highest BCUT2D eigenvalue weighted by Gasteiger charge is 2.36. The topological polar surface area (TPSA) is 41.7 Å². The van der Waals surface area contributed by atoms with Crippen LogP contribution in [0.15, 0.2) is 24.3 Å². The van der Waals surface area contributed by atoms with E-state index in [-0.39, 0.29) is 6.04 Å². The minimum atomic E-state index is 0.268. The number of para-hydroxylation sites is 1. The fraction of sp³-hybridized carbons (Fsp3) is 0.647. The normalized spacial score (nSPS) is 35.9. The minimum absolute atomic E-state index is 0.268. The third-order valence-corrected chi connectivity index (χ3v) is 5.45. The molecule has 1 aromatic rings. The van der Waals surface area contributed by atoms with Crippen LogP contribution in [0.2, 0.25) is 0 Å². The highest BCUT2D eigenvalue weighted by Crippen LogP contribution is 2.36. The molecule has 4 aliphatic rings. The smallest absolute Gasteiger partial charge is 0.122 e. The SMILES string of the molecule is NC(CC1CCOc2ccccc21)C1CN2CCN1CC2. The fourth-order valence-electron chi connectivity index (χ4n) is 4.21. The van der Waals surface area contributed by atoms with Gasteiger partial charge in [0.05, 0.1) is 6.61 Å². The molecule has 0 radical (unpaired) electrons. The highest BCUT2D eigenvalue weighted by molar-refractivity contribution is 5.37. The Morgan fingerprint density at radius 2 is 2.00 bits per heavy atom. The van der Waals surface area contributed by atoms with Gasteiger partial charge >= 0.3 is 0 Å². The highest BCUT2D eigenvalue weighted by atomic mass is 16.5. The first kappa shape index (κ1) is 13.6. The molecule has 114 valence electrons. The molecule has 3 unspecified atom stereocenters. The standard InChI is InChI=1S/C17H25N3O/c18-15(16-12-19-6-8-20(16)9-7-19)11-13-5-10-21-17-4-2-1-3-14(13)17/h1-4,13,15-16H,5-12,18H2. The number of nitrogens with two attached hydrogens (primary N) is 1. The Morgan fingerprint density at radius 1 is 1.19 bits per heavy atom. The Hall–Kier alpha value is -1.10. The van der Waals surface area contributed by atoms with Crippen LogP contribution in [0.4, 0.5) is 0 Å². The van der Waals surface area contributed by atoms with Gasteiger partial charge in [0.2, 0.25) is 0 Å². The van der Waals surface area contributed by atoms with Crippen molar-refractivity contribution >= 4 is 0 Å². The van der Waals surface area contributed by atoms with Crippen LogP contribution in [0, 0.1) is 0 Å². The summed E-state index contributed by atoms with van der Waals surface area (Å²) < 4.78 is 5.77. The summed E-state index contributed by atoms with van der Waals surface area (Å²) in [5, 5.41) is 0. The van der Waals surface area contributed by atoms with Crippen molar-refractivity contribution in [3.05, 3.63) is 29.8 Å². The van der Waals surface area contributed by atoms with Crippen molar-refractivity contribution in [3.8, 4) is 5.75 Å². The van der Waals surface area contributed by atoms with E-state index in [1.165, 1.54) is 31.7 Å². The second kappa shape index (κ2) is 5.59. The van der Waals surface area contributed by atoms with E-state index in [1.54, 1.807) is 0 Å². The summed E-state index contributed by atoms with van der Waals surface area (Å²) >= 11 is 0. The van der Waals surface area contributed by atoms with E-state index in [1.807, 2.05) is 0 Å². The first-order chi connectivity index (χ1) is 10.3. The molecule has 3 fully saturated rings. The molecule has 2 N–H and O–H groups in total. The number of hydrogen-bond donors (Lipinski definition) is 1. The molecule has 0 aliphatic carbocycles. The van der Waals surface area contributed by atoms with E-state index >= 15 is 0 Å². The average molecular weight is 287 g/mol. The first-order valence-electron chi connectivity index (χ1n) is 8.25. The van der Waals surface area contributed by atoms with Gasteiger partial charge in [-0.25, -0.2) is 0 Å². The predicted octanol–water partition coefficient (Wildman–Crippen LogP) is 1.27. The summed E-state index contributed by atoms with van der Waals surface area (Å²) in [5.41, 5.74) is 7.97. The van der Waals surface area contributed by atoms with Crippen LogP contribution in [0.25, 0.3) is 0 Å². The second-order valence-corrected chi connectivity index (χ2v) is 6.68. The molecular weight excluding hydrogens is 262 g/mol. The van der Waals surface area contributed by atoms with Gasteiger partial charge in [0.25, 0.3) is 0 Å². The van der Waals surface area contributed by atoms with E-state index in [2.05, 4.69) is 34.1 Å². The molecule has 0 amide bonds. The number of ether oxygens (including phenoxy) is 1. The number of hydrogen-bond acceptors (Lipinski definition) is 4. The van der Waals surface area contributed by atoms with Gasteiger partial charge in [-0.1, -0.05) is 18.2 Å². The Morgan fingerprint density at radius 3 is 2.76 bits per heavy atom. The lowest BCUT2D eigenvalue weighted by molar-refractivity contribution is 0.0000328.